The number of nitrogens with zero attached hydrogens (tertiary/aromatic N) is 2. The summed E-state index contributed by atoms with van der Waals surface area (Å²) in [5.74, 6) is -0.0786. The van der Waals surface area contributed by atoms with E-state index in [1.807, 2.05) is 12.1 Å². The van der Waals surface area contributed by atoms with Gasteiger partial charge in [0, 0.05) is 31.5 Å². The van der Waals surface area contributed by atoms with Crippen LogP contribution in [0.5, 0.6) is 0 Å². The van der Waals surface area contributed by atoms with E-state index in [2.05, 4.69) is 36.0 Å². The minimum Gasteiger partial charge on any atom is -0.372 e. The summed E-state index contributed by atoms with van der Waals surface area (Å²) in [5, 5.41) is 2.92. The molecule has 1 N–H and O–H groups in total. The van der Waals surface area contributed by atoms with Crippen LogP contribution in [0.1, 0.15) is 50.5 Å². The molecule has 4 nitrogen and oxygen atoms in total. The summed E-state index contributed by atoms with van der Waals surface area (Å²) in [5.41, 5.74) is 1.56. The SMILES string of the molecule is CCCCCNC(=O)c1cc(N(CC)CC)ccn1. The first-order valence-electron chi connectivity index (χ1n) is 7.22. The highest BCUT2D eigenvalue weighted by Gasteiger charge is 2.09. The van der Waals surface area contributed by atoms with E-state index in [0.717, 1.165) is 44.6 Å². The maximum Gasteiger partial charge on any atom is 0.269 e. The van der Waals surface area contributed by atoms with Crippen molar-refractivity contribution in [2.75, 3.05) is 24.5 Å². The van der Waals surface area contributed by atoms with Gasteiger partial charge < -0.3 is 10.2 Å². The van der Waals surface area contributed by atoms with Crippen LogP contribution in [0.25, 0.3) is 0 Å². The largest absolute Gasteiger partial charge is 0.372 e. The van der Waals surface area contributed by atoms with E-state index in [0.29, 0.717) is 5.69 Å². The smallest absolute Gasteiger partial charge is 0.269 e. The number of unbranched alkanes of at least 4 members (excludes halogenated alkanes) is 2. The molecule has 0 aliphatic carbocycles. The van der Waals surface area contributed by atoms with Gasteiger partial charge in [0.15, 0.2) is 0 Å². The summed E-state index contributed by atoms with van der Waals surface area (Å²) in [7, 11) is 0. The summed E-state index contributed by atoms with van der Waals surface area (Å²) in [6.07, 6.45) is 5.03. The molecule has 4 heteroatoms. The Balaban J connectivity index is 2.62. The first-order chi connectivity index (χ1) is 9.22. The Morgan fingerprint density at radius 3 is 2.63 bits per heavy atom. The fourth-order valence-electron chi connectivity index (χ4n) is 2.00. The average molecular weight is 263 g/mol. The number of aromatic nitrogens is 1. The minimum absolute atomic E-state index is 0.0786. The molecule has 0 bridgehead atoms. The van der Waals surface area contributed by atoms with Crippen molar-refractivity contribution in [3.8, 4) is 0 Å². The Morgan fingerprint density at radius 2 is 2.00 bits per heavy atom. The van der Waals surface area contributed by atoms with Crippen molar-refractivity contribution in [3.05, 3.63) is 24.0 Å². The molecule has 1 aromatic heterocycles. The van der Waals surface area contributed by atoms with Gasteiger partial charge >= 0.3 is 0 Å². The molecule has 106 valence electrons. The molecule has 0 spiro atoms. The lowest BCUT2D eigenvalue weighted by molar-refractivity contribution is 0.0948. The normalized spacial score (nSPS) is 10.3. The summed E-state index contributed by atoms with van der Waals surface area (Å²) >= 11 is 0. The van der Waals surface area contributed by atoms with Gasteiger partial charge in [0.1, 0.15) is 5.69 Å². The predicted molar refractivity (Wildman–Crippen MR) is 79.7 cm³/mol. The third-order valence-electron chi connectivity index (χ3n) is 3.17. The molecule has 0 fully saturated rings. The van der Waals surface area contributed by atoms with Gasteiger partial charge in [-0.25, -0.2) is 0 Å². The van der Waals surface area contributed by atoms with Gasteiger partial charge in [0.05, 0.1) is 0 Å². The minimum atomic E-state index is -0.0786. The molecule has 1 amide bonds. The third kappa shape index (κ3) is 4.89. The standard InChI is InChI=1S/C15H25N3O/c1-4-7-8-10-17-15(19)14-12-13(9-11-16-14)18(5-2)6-3/h9,11-12H,4-8,10H2,1-3H3,(H,17,19). The second kappa shape index (κ2) is 8.51. The molecule has 0 saturated heterocycles. The fourth-order valence-corrected chi connectivity index (χ4v) is 2.00. The van der Waals surface area contributed by atoms with Crippen molar-refractivity contribution >= 4 is 11.6 Å². The Morgan fingerprint density at radius 1 is 1.26 bits per heavy atom. The van der Waals surface area contributed by atoms with E-state index in [-0.39, 0.29) is 5.91 Å². The number of anilines is 1. The molecule has 1 aromatic rings. The molecule has 0 aliphatic rings. The highest BCUT2D eigenvalue weighted by atomic mass is 16.1. The van der Waals surface area contributed by atoms with Crippen molar-refractivity contribution < 1.29 is 4.79 Å². The molecule has 1 rings (SSSR count). The van der Waals surface area contributed by atoms with Gasteiger partial charge in [0.25, 0.3) is 5.91 Å². The number of hydrogen-bond acceptors (Lipinski definition) is 3. The van der Waals surface area contributed by atoms with E-state index in [9.17, 15) is 4.79 Å². The Bertz CT molecular complexity index is 389. The van der Waals surface area contributed by atoms with Gasteiger partial charge in [-0.05, 0) is 32.4 Å². The van der Waals surface area contributed by atoms with E-state index < -0.39 is 0 Å². The lowest BCUT2D eigenvalue weighted by Gasteiger charge is -2.21. The summed E-state index contributed by atoms with van der Waals surface area (Å²) in [4.78, 5) is 18.3. The predicted octanol–water partition coefficient (Wildman–Crippen LogP) is 2.85. The van der Waals surface area contributed by atoms with Crippen LogP contribution in [-0.2, 0) is 0 Å². The topological polar surface area (TPSA) is 45.2 Å². The number of hydrogen-bond donors (Lipinski definition) is 1. The average Bonchev–Trinajstić information content (AvgIpc) is 2.45. The molecule has 0 unspecified atom stereocenters. The van der Waals surface area contributed by atoms with Crippen LogP contribution in [-0.4, -0.2) is 30.5 Å². The third-order valence-corrected chi connectivity index (χ3v) is 3.17. The van der Waals surface area contributed by atoms with Crippen molar-refractivity contribution in [3.63, 3.8) is 0 Å². The Hall–Kier alpha value is -1.58. The highest BCUT2D eigenvalue weighted by molar-refractivity contribution is 5.93. The van der Waals surface area contributed by atoms with Gasteiger partial charge in [-0.15, -0.1) is 0 Å². The quantitative estimate of drug-likeness (QED) is 0.734. The molecule has 0 aliphatic heterocycles. The van der Waals surface area contributed by atoms with Crippen molar-refractivity contribution in [2.24, 2.45) is 0 Å². The zero-order valence-corrected chi connectivity index (χ0v) is 12.3. The monoisotopic (exact) mass is 263 g/mol. The summed E-state index contributed by atoms with van der Waals surface area (Å²) in [6, 6.07) is 3.81. The lowest BCUT2D eigenvalue weighted by Crippen LogP contribution is -2.26. The second-order valence-corrected chi connectivity index (χ2v) is 4.53. The number of carbonyl (C=O) groups is 1. The number of carbonyl (C=O) groups excluding carboxylic acids is 1. The maximum absolute atomic E-state index is 12.0. The van der Waals surface area contributed by atoms with E-state index >= 15 is 0 Å². The van der Waals surface area contributed by atoms with Crippen LogP contribution >= 0.6 is 0 Å². The van der Waals surface area contributed by atoms with Gasteiger partial charge in [0.2, 0.25) is 0 Å². The lowest BCUT2D eigenvalue weighted by atomic mass is 10.2. The molecule has 0 atom stereocenters. The molecule has 19 heavy (non-hydrogen) atoms. The zero-order chi connectivity index (χ0) is 14.1. The highest BCUT2D eigenvalue weighted by Crippen LogP contribution is 2.13. The number of nitrogens with one attached hydrogen (secondary N) is 1. The van der Waals surface area contributed by atoms with E-state index in [1.54, 1.807) is 6.20 Å². The zero-order valence-electron chi connectivity index (χ0n) is 12.3. The maximum atomic E-state index is 12.0. The number of rotatable bonds is 8. The van der Waals surface area contributed by atoms with Crippen molar-refractivity contribution in [1.82, 2.24) is 10.3 Å². The van der Waals surface area contributed by atoms with Crippen molar-refractivity contribution in [2.45, 2.75) is 40.0 Å². The first kappa shape index (κ1) is 15.5. The first-order valence-corrected chi connectivity index (χ1v) is 7.22. The van der Waals surface area contributed by atoms with Crippen LogP contribution in [0, 0.1) is 0 Å². The van der Waals surface area contributed by atoms with Crippen LogP contribution in [0.15, 0.2) is 18.3 Å². The van der Waals surface area contributed by atoms with Gasteiger partial charge in [-0.2, -0.15) is 0 Å². The van der Waals surface area contributed by atoms with Gasteiger partial charge in [-0.3, -0.25) is 9.78 Å². The Kier molecular flexibility index (Phi) is 6.93. The summed E-state index contributed by atoms with van der Waals surface area (Å²) < 4.78 is 0. The van der Waals surface area contributed by atoms with Crippen LogP contribution < -0.4 is 10.2 Å². The van der Waals surface area contributed by atoms with E-state index in [1.165, 1.54) is 0 Å². The molecule has 0 aromatic carbocycles. The van der Waals surface area contributed by atoms with E-state index in [4.69, 9.17) is 0 Å². The van der Waals surface area contributed by atoms with Crippen LogP contribution in [0.2, 0.25) is 0 Å². The fraction of sp³-hybridized carbons (Fsp3) is 0.600. The molecular weight excluding hydrogens is 238 g/mol. The van der Waals surface area contributed by atoms with Crippen LogP contribution in [0.4, 0.5) is 5.69 Å². The number of pyridine rings is 1. The van der Waals surface area contributed by atoms with Gasteiger partial charge in [-0.1, -0.05) is 19.8 Å². The van der Waals surface area contributed by atoms with Crippen molar-refractivity contribution in [1.29, 1.82) is 0 Å². The Labute approximate surface area is 116 Å². The molecular formula is C15H25N3O. The molecule has 0 saturated carbocycles. The molecule has 0 radical (unpaired) electrons. The number of amides is 1. The molecule has 1 heterocycles. The second-order valence-electron chi connectivity index (χ2n) is 4.53. The summed E-state index contributed by atoms with van der Waals surface area (Å²) in [6.45, 7) is 8.94. The van der Waals surface area contributed by atoms with Crippen LogP contribution in [0.3, 0.4) is 0 Å².